The van der Waals surface area contributed by atoms with Crippen LogP contribution in [0.2, 0.25) is 0 Å². The fourth-order valence-corrected chi connectivity index (χ4v) is 1.88. The van der Waals surface area contributed by atoms with Crippen molar-refractivity contribution < 1.29 is 13.0 Å². The standard InChI is InChI=1S/C14H25N.CH4O3S/c1-3-5-7-8-11-15-12-10-14(13-15)9-6-4-2;1-5(2,3)4/h10,12-13H,3-9,11H2,1-2H3;1H3,(H,2,3,4). The predicted octanol–water partition coefficient (Wildman–Crippen LogP) is 3.92. The van der Waals surface area contributed by atoms with E-state index in [2.05, 4.69) is 36.9 Å². The van der Waals surface area contributed by atoms with Crippen LogP contribution >= 0.6 is 0 Å². The molecular formula is C15H29NO3S. The third kappa shape index (κ3) is 13.6. The van der Waals surface area contributed by atoms with Crippen molar-refractivity contribution in [2.45, 2.75) is 65.3 Å². The number of hydrogen-bond donors (Lipinski definition) is 1. The summed E-state index contributed by atoms with van der Waals surface area (Å²) < 4.78 is 28.2. The zero-order valence-corrected chi connectivity index (χ0v) is 13.8. The van der Waals surface area contributed by atoms with E-state index in [9.17, 15) is 8.42 Å². The summed E-state index contributed by atoms with van der Waals surface area (Å²) in [6.07, 6.45) is 14.5. The lowest BCUT2D eigenvalue weighted by atomic mass is 10.1. The Labute approximate surface area is 123 Å². The molecule has 0 aliphatic carbocycles. The van der Waals surface area contributed by atoms with Gasteiger partial charge in [0.15, 0.2) is 0 Å². The summed E-state index contributed by atoms with van der Waals surface area (Å²) in [7, 11) is -3.67. The van der Waals surface area contributed by atoms with Crippen LogP contribution in [-0.2, 0) is 23.1 Å². The van der Waals surface area contributed by atoms with Crippen LogP contribution < -0.4 is 0 Å². The molecule has 0 saturated carbocycles. The number of hydrogen-bond acceptors (Lipinski definition) is 2. The third-order valence-corrected chi connectivity index (χ3v) is 2.90. The predicted molar refractivity (Wildman–Crippen MR) is 84.7 cm³/mol. The van der Waals surface area contributed by atoms with Crippen molar-refractivity contribution in [2.24, 2.45) is 0 Å². The lowest BCUT2D eigenvalue weighted by Gasteiger charge is -2.01. The highest BCUT2D eigenvalue weighted by molar-refractivity contribution is 7.85. The Morgan fingerprint density at radius 3 is 2.25 bits per heavy atom. The Bertz CT molecular complexity index is 430. The van der Waals surface area contributed by atoms with Crippen molar-refractivity contribution in [3.8, 4) is 0 Å². The minimum absolute atomic E-state index is 0.715. The van der Waals surface area contributed by atoms with E-state index in [-0.39, 0.29) is 0 Å². The van der Waals surface area contributed by atoms with Gasteiger partial charge >= 0.3 is 0 Å². The van der Waals surface area contributed by atoms with Crippen LogP contribution in [0, 0.1) is 0 Å². The average Bonchev–Trinajstić information content (AvgIpc) is 2.78. The van der Waals surface area contributed by atoms with Crippen LogP contribution in [0.1, 0.15) is 57.9 Å². The Kier molecular flexibility index (Phi) is 10.5. The zero-order valence-electron chi connectivity index (χ0n) is 13.0. The number of nitrogens with zero attached hydrogens (tertiary/aromatic N) is 1. The minimum atomic E-state index is -3.67. The van der Waals surface area contributed by atoms with Gasteiger partial charge in [0.25, 0.3) is 10.1 Å². The molecule has 20 heavy (non-hydrogen) atoms. The van der Waals surface area contributed by atoms with Gasteiger partial charge in [-0.2, -0.15) is 8.42 Å². The van der Waals surface area contributed by atoms with E-state index in [1.165, 1.54) is 57.1 Å². The van der Waals surface area contributed by atoms with Crippen LogP contribution in [-0.4, -0.2) is 23.8 Å². The van der Waals surface area contributed by atoms with Crippen molar-refractivity contribution in [2.75, 3.05) is 6.26 Å². The monoisotopic (exact) mass is 303 g/mol. The number of rotatable bonds is 8. The number of unbranched alkanes of at least 4 members (excludes halogenated alkanes) is 4. The fraction of sp³-hybridized carbons (Fsp3) is 0.733. The van der Waals surface area contributed by atoms with Crippen molar-refractivity contribution >= 4 is 10.1 Å². The van der Waals surface area contributed by atoms with Gasteiger partial charge in [0.2, 0.25) is 0 Å². The smallest absolute Gasteiger partial charge is 0.261 e. The molecular weight excluding hydrogens is 274 g/mol. The molecule has 0 radical (unpaired) electrons. The van der Waals surface area contributed by atoms with Crippen molar-refractivity contribution in [1.29, 1.82) is 0 Å². The molecule has 0 saturated heterocycles. The van der Waals surface area contributed by atoms with E-state index in [4.69, 9.17) is 4.55 Å². The average molecular weight is 303 g/mol. The van der Waals surface area contributed by atoms with Crippen LogP contribution in [0.25, 0.3) is 0 Å². The van der Waals surface area contributed by atoms with Gasteiger partial charge in [-0.1, -0.05) is 39.5 Å². The maximum absolute atomic E-state index is 9.19. The second-order valence-corrected chi connectivity index (χ2v) is 6.62. The van der Waals surface area contributed by atoms with Gasteiger partial charge < -0.3 is 4.57 Å². The van der Waals surface area contributed by atoms with Gasteiger partial charge in [-0.05, 0) is 30.9 Å². The van der Waals surface area contributed by atoms with Gasteiger partial charge in [-0.25, -0.2) is 0 Å². The molecule has 118 valence electrons. The van der Waals surface area contributed by atoms with Gasteiger partial charge in [0.05, 0.1) is 6.26 Å². The molecule has 0 aromatic carbocycles. The lowest BCUT2D eigenvalue weighted by molar-refractivity contribution is 0.490. The van der Waals surface area contributed by atoms with Crippen molar-refractivity contribution in [3.63, 3.8) is 0 Å². The first-order chi connectivity index (χ1) is 9.36. The molecule has 0 bridgehead atoms. The highest BCUT2D eigenvalue weighted by Crippen LogP contribution is 2.08. The molecule has 0 unspecified atom stereocenters. The van der Waals surface area contributed by atoms with E-state index >= 15 is 0 Å². The maximum atomic E-state index is 9.19. The molecule has 0 aliphatic rings. The number of aryl methyl sites for hydroxylation is 2. The van der Waals surface area contributed by atoms with Gasteiger partial charge in [0, 0.05) is 18.9 Å². The summed E-state index contributed by atoms with van der Waals surface area (Å²) in [5.74, 6) is 0. The maximum Gasteiger partial charge on any atom is 0.261 e. The van der Waals surface area contributed by atoms with E-state index in [1.807, 2.05) is 0 Å². The summed E-state index contributed by atoms with van der Waals surface area (Å²) >= 11 is 0. The molecule has 4 nitrogen and oxygen atoms in total. The Morgan fingerprint density at radius 2 is 1.70 bits per heavy atom. The molecule has 1 heterocycles. The first-order valence-electron chi connectivity index (χ1n) is 7.44. The van der Waals surface area contributed by atoms with E-state index in [0.717, 1.165) is 0 Å². The van der Waals surface area contributed by atoms with Crippen LogP contribution in [0.5, 0.6) is 0 Å². The second-order valence-electron chi connectivity index (χ2n) is 5.15. The fourth-order valence-electron chi connectivity index (χ4n) is 1.88. The molecule has 0 amide bonds. The van der Waals surface area contributed by atoms with Gasteiger partial charge in [-0.3, -0.25) is 4.55 Å². The lowest BCUT2D eigenvalue weighted by Crippen LogP contribution is -1.94. The molecule has 1 N–H and O–H groups in total. The van der Waals surface area contributed by atoms with Crippen molar-refractivity contribution in [3.05, 3.63) is 24.0 Å². The molecule has 1 aromatic heterocycles. The van der Waals surface area contributed by atoms with E-state index < -0.39 is 10.1 Å². The van der Waals surface area contributed by atoms with Gasteiger partial charge in [0.1, 0.15) is 0 Å². The van der Waals surface area contributed by atoms with Gasteiger partial charge in [-0.15, -0.1) is 0 Å². The molecule has 0 fully saturated rings. The molecule has 0 atom stereocenters. The normalized spacial score (nSPS) is 11.0. The second kappa shape index (κ2) is 10.9. The topological polar surface area (TPSA) is 59.3 Å². The Balaban J connectivity index is 0.000000621. The summed E-state index contributed by atoms with van der Waals surface area (Å²) in [5, 5.41) is 0. The quantitative estimate of drug-likeness (QED) is 0.585. The summed E-state index contributed by atoms with van der Waals surface area (Å²) in [4.78, 5) is 0. The molecule has 1 aromatic rings. The molecule has 5 heteroatoms. The third-order valence-electron chi connectivity index (χ3n) is 2.90. The zero-order chi connectivity index (χ0) is 15.4. The largest absolute Gasteiger partial charge is 0.354 e. The molecule has 0 aliphatic heterocycles. The SMILES string of the molecule is CCCCCCn1ccc(CCCC)c1.CS(=O)(=O)O. The summed E-state index contributed by atoms with van der Waals surface area (Å²) in [6.45, 7) is 5.71. The summed E-state index contributed by atoms with van der Waals surface area (Å²) in [5.41, 5.74) is 1.51. The first-order valence-corrected chi connectivity index (χ1v) is 9.28. The van der Waals surface area contributed by atoms with Crippen LogP contribution in [0.3, 0.4) is 0 Å². The minimum Gasteiger partial charge on any atom is -0.354 e. The van der Waals surface area contributed by atoms with E-state index in [1.54, 1.807) is 0 Å². The molecule has 0 spiro atoms. The molecule has 1 rings (SSSR count). The first kappa shape index (κ1) is 19.2. The number of aromatic nitrogens is 1. The van der Waals surface area contributed by atoms with Crippen molar-refractivity contribution in [1.82, 2.24) is 4.57 Å². The van der Waals surface area contributed by atoms with E-state index in [0.29, 0.717) is 6.26 Å². The highest BCUT2D eigenvalue weighted by Gasteiger charge is 1.96. The summed E-state index contributed by atoms with van der Waals surface area (Å²) in [6, 6.07) is 2.27. The van der Waals surface area contributed by atoms with Crippen LogP contribution in [0.4, 0.5) is 0 Å². The van der Waals surface area contributed by atoms with Crippen LogP contribution in [0.15, 0.2) is 18.5 Å². The Hall–Kier alpha value is -0.810. The Morgan fingerprint density at radius 1 is 1.10 bits per heavy atom. The highest BCUT2D eigenvalue weighted by atomic mass is 32.2.